The summed E-state index contributed by atoms with van der Waals surface area (Å²) in [6.45, 7) is 10.1. The van der Waals surface area contributed by atoms with Crippen molar-refractivity contribution in [3.63, 3.8) is 0 Å². The second-order valence-corrected chi connectivity index (χ2v) is 13.6. The Hall–Kier alpha value is -3.21. The standard InChI is InChI=1S/C27H38N6O6S/c1-16-10-19(12-28)32(13-16)24(34)22(30-26(36)39-27(3,4)5)15-31-14-20-11-23(31)25(35)33(20)17(2)18-6-8-21(9-7-18)40(29,37)38/h6-9,16-17,19-20,22-23H,10-11,13-15H2,1-5H3,(H,30,36)(H2,29,37,38)/t16?,17?,19?,20-,22?,23?/m0/s1. The summed E-state index contributed by atoms with van der Waals surface area (Å²) in [5, 5.41) is 17.5. The molecule has 12 nitrogen and oxygen atoms in total. The Bertz CT molecular complexity index is 1300. The molecule has 3 aliphatic rings. The average Bonchev–Trinajstić information content (AvgIpc) is 3.53. The van der Waals surface area contributed by atoms with Crippen LogP contribution in [0.4, 0.5) is 4.79 Å². The largest absolute Gasteiger partial charge is 0.444 e. The number of sulfonamides is 1. The van der Waals surface area contributed by atoms with Crippen LogP contribution < -0.4 is 10.5 Å². The Morgan fingerprint density at radius 1 is 1.20 bits per heavy atom. The first-order chi connectivity index (χ1) is 18.6. The van der Waals surface area contributed by atoms with Crippen molar-refractivity contribution >= 4 is 27.9 Å². The zero-order valence-electron chi connectivity index (χ0n) is 23.5. The molecule has 3 heterocycles. The van der Waals surface area contributed by atoms with Gasteiger partial charge in [-0.05, 0) is 64.2 Å². The number of benzene rings is 1. The summed E-state index contributed by atoms with van der Waals surface area (Å²) in [5.74, 6) is -0.293. The van der Waals surface area contributed by atoms with Crippen molar-refractivity contribution in [2.24, 2.45) is 11.1 Å². The highest BCUT2D eigenvalue weighted by atomic mass is 32.2. The molecule has 5 unspecified atom stereocenters. The lowest BCUT2D eigenvalue weighted by molar-refractivity contribution is -0.141. The molecule has 13 heteroatoms. The lowest BCUT2D eigenvalue weighted by Crippen LogP contribution is -2.59. The van der Waals surface area contributed by atoms with Crippen molar-refractivity contribution in [3.8, 4) is 6.07 Å². The molecule has 0 aromatic heterocycles. The predicted octanol–water partition coefficient (Wildman–Crippen LogP) is 1.33. The van der Waals surface area contributed by atoms with Gasteiger partial charge >= 0.3 is 6.09 Å². The van der Waals surface area contributed by atoms with Gasteiger partial charge in [0.25, 0.3) is 0 Å². The molecule has 3 amide bonds. The lowest BCUT2D eigenvalue weighted by atomic mass is 10.1. The molecule has 1 aromatic rings. The number of carbonyl (C=O) groups is 3. The van der Waals surface area contributed by atoms with Gasteiger partial charge in [0.15, 0.2) is 0 Å². The van der Waals surface area contributed by atoms with Crippen LogP contribution in [-0.2, 0) is 24.3 Å². The highest BCUT2D eigenvalue weighted by Gasteiger charge is 2.52. The van der Waals surface area contributed by atoms with E-state index in [1.165, 1.54) is 17.0 Å². The molecule has 0 aliphatic carbocycles. The number of piperazine rings is 1. The molecule has 0 saturated carbocycles. The van der Waals surface area contributed by atoms with Crippen LogP contribution in [0.1, 0.15) is 59.1 Å². The SMILES string of the molecule is CC1CC(C#N)N(C(=O)C(CN2C[C@@H]3CC2C(=O)N3C(C)c2ccc(S(N)(=O)=O)cc2)NC(=O)OC(C)(C)C)C1. The van der Waals surface area contributed by atoms with Crippen molar-refractivity contribution in [2.45, 2.75) is 88.2 Å². The molecule has 4 rings (SSSR count). The van der Waals surface area contributed by atoms with Crippen LogP contribution in [0.3, 0.4) is 0 Å². The Labute approximate surface area is 235 Å². The number of likely N-dealkylation sites (tertiary alicyclic amines) is 3. The molecular weight excluding hydrogens is 536 g/mol. The van der Waals surface area contributed by atoms with E-state index in [1.807, 2.05) is 18.7 Å². The minimum absolute atomic E-state index is 0.00289. The number of hydrogen-bond donors (Lipinski definition) is 2. The van der Waals surface area contributed by atoms with Gasteiger partial charge < -0.3 is 19.9 Å². The van der Waals surface area contributed by atoms with Gasteiger partial charge in [0, 0.05) is 25.7 Å². The van der Waals surface area contributed by atoms with Gasteiger partial charge in [-0.2, -0.15) is 5.26 Å². The fourth-order valence-electron chi connectivity index (χ4n) is 5.98. The van der Waals surface area contributed by atoms with Gasteiger partial charge in [0.1, 0.15) is 17.7 Å². The number of carbonyl (C=O) groups excluding carboxylic acids is 3. The molecule has 0 radical (unpaired) electrons. The Morgan fingerprint density at radius 3 is 2.40 bits per heavy atom. The van der Waals surface area contributed by atoms with Crippen LogP contribution in [0.15, 0.2) is 29.2 Å². The third-order valence-electron chi connectivity index (χ3n) is 7.77. The Morgan fingerprint density at radius 2 is 1.85 bits per heavy atom. The van der Waals surface area contributed by atoms with E-state index in [0.717, 1.165) is 5.56 Å². The van der Waals surface area contributed by atoms with E-state index in [9.17, 15) is 28.1 Å². The van der Waals surface area contributed by atoms with Crippen LogP contribution in [-0.4, -0.2) is 90.4 Å². The fourth-order valence-corrected chi connectivity index (χ4v) is 6.49. The maximum absolute atomic E-state index is 13.6. The van der Waals surface area contributed by atoms with E-state index in [0.29, 0.717) is 25.9 Å². The first-order valence-electron chi connectivity index (χ1n) is 13.5. The van der Waals surface area contributed by atoms with E-state index in [4.69, 9.17) is 9.88 Å². The molecule has 3 fully saturated rings. The van der Waals surface area contributed by atoms with Crippen LogP contribution in [0, 0.1) is 17.2 Å². The van der Waals surface area contributed by atoms with Gasteiger partial charge in [0.05, 0.1) is 23.0 Å². The van der Waals surface area contributed by atoms with Gasteiger partial charge in [-0.3, -0.25) is 14.5 Å². The number of ether oxygens (including phenoxy) is 1. The number of fused-ring (bicyclic) bond motifs is 2. The minimum Gasteiger partial charge on any atom is -0.444 e. The molecule has 2 bridgehead atoms. The maximum Gasteiger partial charge on any atom is 0.408 e. The molecule has 6 atom stereocenters. The predicted molar refractivity (Wildman–Crippen MR) is 145 cm³/mol. The lowest BCUT2D eigenvalue weighted by Gasteiger charge is -2.39. The molecule has 1 aromatic carbocycles. The Kier molecular flexibility index (Phi) is 8.18. The summed E-state index contributed by atoms with van der Waals surface area (Å²) >= 11 is 0. The van der Waals surface area contributed by atoms with E-state index < -0.39 is 39.8 Å². The van der Waals surface area contributed by atoms with Crippen molar-refractivity contribution < 1.29 is 27.5 Å². The molecule has 3 aliphatic heterocycles. The molecule has 0 spiro atoms. The van der Waals surface area contributed by atoms with E-state index in [2.05, 4.69) is 11.4 Å². The number of hydrogen-bond acceptors (Lipinski definition) is 8. The van der Waals surface area contributed by atoms with Gasteiger partial charge in [-0.25, -0.2) is 18.4 Å². The third kappa shape index (κ3) is 6.24. The quantitative estimate of drug-likeness (QED) is 0.492. The van der Waals surface area contributed by atoms with E-state index in [-0.39, 0.29) is 41.3 Å². The first kappa shape index (κ1) is 29.8. The summed E-state index contributed by atoms with van der Waals surface area (Å²) in [6.07, 6.45) is 0.410. The summed E-state index contributed by atoms with van der Waals surface area (Å²) in [7, 11) is -3.82. The smallest absolute Gasteiger partial charge is 0.408 e. The van der Waals surface area contributed by atoms with Gasteiger partial charge in [0.2, 0.25) is 21.8 Å². The zero-order valence-corrected chi connectivity index (χ0v) is 24.3. The van der Waals surface area contributed by atoms with Crippen molar-refractivity contribution in [1.29, 1.82) is 5.26 Å². The molecule has 3 saturated heterocycles. The number of amides is 3. The summed E-state index contributed by atoms with van der Waals surface area (Å²) in [5.41, 5.74) is 0.0196. The highest BCUT2D eigenvalue weighted by Crippen LogP contribution is 2.38. The Balaban J connectivity index is 1.49. The van der Waals surface area contributed by atoms with Crippen LogP contribution in [0.2, 0.25) is 0 Å². The number of rotatable bonds is 7. The fraction of sp³-hybridized carbons (Fsp3) is 0.630. The summed E-state index contributed by atoms with van der Waals surface area (Å²) in [4.78, 5) is 45.0. The van der Waals surface area contributed by atoms with E-state index >= 15 is 0 Å². The highest BCUT2D eigenvalue weighted by molar-refractivity contribution is 7.89. The monoisotopic (exact) mass is 574 g/mol. The number of nitrogens with two attached hydrogens (primary N) is 1. The minimum atomic E-state index is -3.82. The normalized spacial score (nSPS) is 26.5. The average molecular weight is 575 g/mol. The summed E-state index contributed by atoms with van der Waals surface area (Å²) in [6, 6.07) is 5.94. The molecule has 218 valence electrons. The number of primary sulfonamides is 1. The molecule has 3 N–H and O–H groups in total. The molecular formula is C27H38N6O6S. The van der Waals surface area contributed by atoms with Gasteiger partial charge in [-0.1, -0.05) is 19.1 Å². The van der Waals surface area contributed by atoms with Crippen LogP contribution in [0.25, 0.3) is 0 Å². The van der Waals surface area contributed by atoms with Crippen LogP contribution >= 0.6 is 0 Å². The second kappa shape index (κ2) is 11.0. The van der Waals surface area contributed by atoms with E-state index in [1.54, 1.807) is 37.8 Å². The number of nitrogens with zero attached hydrogens (tertiary/aromatic N) is 4. The molecule has 40 heavy (non-hydrogen) atoms. The number of alkyl carbamates (subject to hydrolysis) is 1. The summed E-state index contributed by atoms with van der Waals surface area (Å²) < 4.78 is 28.6. The first-order valence-corrected chi connectivity index (χ1v) is 15.0. The number of nitriles is 1. The van der Waals surface area contributed by atoms with Crippen LogP contribution in [0.5, 0.6) is 0 Å². The maximum atomic E-state index is 13.6. The topological polar surface area (TPSA) is 166 Å². The zero-order chi connectivity index (χ0) is 29.6. The number of nitrogens with one attached hydrogen (secondary N) is 1. The van der Waals surface area contributed by atoms with Crippen molar-refractivity contribution in [2.75, 3.05) is 19.6 Å². The van der Waals surface area contributed by atoms with Gasteiger partial charge in [-0.15, -0.1) is 0 Å². The third-order valence-corrected chi connectivity index (χ3v) is 8.70. The van der Waals surface area contributed by atoms with Crippen molar-refractivity contribution in [3.05, 3.63) is 29.8 Å². The second-order valence-electron chi connectivity index (χ2n) is 12.1. The van der Waals surface area contributed by atoms with Crippen molar-refractivity contribution in [1.82, 2.24) is 20.0 Å².